The molecule has 0 saturated heterocycles. The van der Waals surface area contributed by atoms with E-state index in [1.807, 2.05) is 6.08 Å². The lowest BCUT2D eigenvalue weighted by molar-refractivity contribution is 0.860. The van der Waals surface area contributed by atoms with Crippen LogP contribution in [0.5, 0.6) is 0 Å². The molecule has 0 bridgehead atoms. The highest BCUT2D eigenvalue weighted by atomic mass is 15.1. The maximum Gasteiger partial charge on any atom is 0.0469 e. The van der Waals surface area contributed by atoms with Crippen molar-refractivity contribution < 1.29 is 0 Å². The van der Waals surface area contributed by atoms with E-state index in [4.69, 9.17) is 0 Å². The third-order valence-corrected chi connectivity index (χ3v) is 2.57. The Bertz CT molecular complexity index is 311. The number of benzene rings is 1. The smallest absolute Gasteiger partial charge is 0.0469 e. The number of hydrogen-bond donors (Lipinski definition) is 0. The van der Waals surface area contributed by atoms with Crippen molar-refractivity contribution >= 4 is 11.8 Å². The monoisotopic (exact) mass is 189 g/mol. The predicted octanol–water partition coefficient (Wildman–Crippen LogP) is 3.48. The third kappa shape index (κ3) is 1.98. The minimum absolute atomic E-state index is 1.04. The van der Waals surface area contributed by atoms with Gasteiger partial charge in [-0.1, -0.05) is 30.9 Å². The molecule has 0 saturated carbocycles. The second-order valence-corrected chi connectivity index (χ2v) is 3.39. The van der Waals surface area contributed by atoms with Crippen LogP contribution < -0.4 is 4.90 Å². The Balaban J connectivity index is 3.21. The second kappa shape index (κ2) is 4.85. The largest absolute Gasteiger partial charge is 0.371 e. The van der Waals surface area contributed by atoms with E-state index < -0.39 is 0 Å². The maximum absolute atomic E-state index is 3.86. The molecule has 1 heteroatoms. The Morgan fingerprint density at radius 3 is 2.43 bits per heavy atom. The van der Waals surface area contributed by atoms with Crippen LogP contribution in [0.1, 0.15) is 25.0 Å². The van der Waals surface area contributed by atoms with Crippen LogP contribution in [0.2, 0.25) is 0 Å². The third-order valence-electron chi connectivity index (χ3n) is 2.57. The van der Waals surface area contributed by atoms with Gasteiger partial charge in [0.15, 0.2) is 0 Å². The molecule has 0 aliphatic rings. The molecule has 1 aromatic rings. The van der Waals surface area contributed by atoms with Crippen LogP contribution in [0.25, 0.3) is 6.08 Å². The molecule has 0 N–H and O–H groups in total. The van der Waals surface area contributed by atoms with E-state index >= 15 is 0 Å². The summed E-state index contributed by atoms with van der Waals surface area (Å²) in [6.45, 7) is 12.5. The highest BCUT2D eigenvalue weighted by Crippen LogP contribution is 2.25. The highest BCUT2D eigenvalue weighted by Gasteiger charge is 2.08. The average molecular weight is 189 g/mol. The van der Waals surface area contributed by atoms with Crippen LogP contribution in [0, 0.1) is 6.92 Å². The van der Waals surface area contributed by atoms with Crippen LogP contribution in [-0.2, 0) is 0 Å². The molecule has 0 fully saturated rings. The van der Waals surface area contributed by atoms with Crippen molar-refractivity contribution in [1.29, 1.82) is 0 Å². The first-order valence-electron chi connectivity index (χ1n) is 5.21. The summed E-state index contributed by atoms with van der Waals surface area (Å²) < 4.78 is 0. The molecule has 0 amide bonds. The molecule has 0 aliphatic heterocycles. The van der Waals surface area contributed by atoms with E-state index in [0.717, 1.165) is 13.1 Å². The predicted molar refractivity (Wildman–Crippen MR) is 64.8 cm³/mol. The summed E-state index contributed by atoms with van der Waals surface area (Å²) in [5.41, 5.74) is 3.88. The molecular weight excluding hydrogens is 170 g/mol. The van der Waals surface area contributed by atoms with Gasteiger partial charge in [-0.2, -0.15) is 0 Å². The summed E-state index contributed by atoms with van der Waals surface area (Å²) in [4.78, 5) is 2.37. The number of aryl methyl sites for hydroxylation is 1. The lowest BCUT2D eigenvalue weighted by Gasteiger charge is -2.25. The van der Waals surface area contributed by atoms with Crippen LogP contribution in [-0.4, -0.2) is 13.1 Å². The average Bonchev–Trinajstić information content (AvgIpc) is 2.22. The van der Waals surface area contributed by atoms with Crippen LogP contribution in [0.3, 0.4) is 0 Å². The number of nitrogens with zero attached hydrogens (tertiary/aromatic N) is 1. The fourth-order valence-corrected chi connectivity index (χ4v) is 1.82. The number of hydrogen-bond acceptors (Lipinski definition) is 1. The minimum atomic E-state index is 1.04. The molecule has 76 valence electrons. The van der Waals surface area contributed by atoms with Crippen LogP contribution in [0.15, 0.2) is 24.8 Å². The van der Waals surface area contributed by atoms with Gasteiger partial charge in [0.05, 0.1) is 0 Å². The van der Waals surface area contributed by atoms with Crippen LogP contribution in [0.4, 0.5) is 5.69 Å². The maximum atomic E-state index is 3.86. The van der Waals surface area contributed by atoms with Gasteiger partial charge in [-0.05, 0) is 31.9 Å². The minimum Gasteiger partial charge on any atom is -0.371 e. The normalized spacial score (nSPS) is 9.93. The molecule has 1 nitrogen and oxygen atoms in total. The number of rotatable bonds is 4. The Morgan fingerprint density at radius 1 is 1.29 bits per heavy atom. The zero-order chi connectivity index (χ0) is 10.6. The van der Waals surface area contributed by atoms with Crippen molar-refractivity contribution in [2.45, 2.75) is 20.8 Å². The highest BCUT2D eigenvalue weighted by molar-refractivity contribution is 5.70. The van der Waals surface area contributed by atoms with Crippen molar-refractivity contribution in [3.8, 4) is 0 Å². The quantitative estimate of drug-likeness (QED) is 0.701. The van der Waals surface area contributed by atoms with E-state index in [2.05, 4.69) is 50.4 Å². The summed E-state index contributed by atoms with van der Waals surface area (Å²) >= 11 is 0. The van der Waals surface area contributed by atoms with Crippen molar-refractivity contribution in [2.75, 3.05) is 18.0 Å². The van der Waals surface area contributed by atoms with E-state index in [0.29, 0.717) is 0 Å². The Hall–Kier alpha value is -1.24. The van der Waals surface area contributed by atoms with Gasteiger partial charge in [0.2, 0.25) is 0 Å². The fraction of sp³-hybridized carbons (Fsp3) is 0.385. The zero-order valence-corrected chi connectivity index (χ0v) is 9.38. The van der Waals surface area contributed by atoms with Gasteiger partial charge in [0.25, 0.3) is 0 Å². The second-order valence-electron chi connectivity index (χ2n) is 3.39. The number of anilines is 1. The summed E-state index contributed by atoms with van der Waals surface area (Å²) in [6, 6.07) is 6.35. The molecule has 1 rings (SSSR count). The first-order chi connectivity index (χ1) is 6.74. The molecule has 0 radical (unpaired) electrons. The van der Waals surface area contributed by atoms with Gasteiger partial charge < -0.3 is 4.90 Å². The summed E-state index contributed by atoms with van der Waals surface area (Å²) in [7, 11) is 0. The van der Waals surface area contributed by atoms with Gasteiger partial charge in [-0.15, -0.1) is 0 Å². The lowest BCUT2D eigenvalue weighted by Crippen LogP contribution is -2.23. The number of para-hydroxylation sites is 1. The Kier molecular flexibility index (Phi) is 3.75. The van der Waals surface area contributed by atoms with Crippen molar-refractivity contribution in [3.05, 3.63) is 35.9 Å². The first kappa shape index (κ1) is 10.8. The standard InChI is InChI=1S/C13H19N/c1-5-12-10-8-9-11(4)13(12)14(6-2)7-3/h5,8-10H,1,6-7H2,2-4H3. The molecule has 0 unspecified atom stereocenters. The van der Waals surface area contributed by atoms with E-state index in [-0.39, 0.29) is 0 Å². The van der Waals surface area contributed by atoms with Gasteiger partial charge >= 0.3 is 0 Å². The van der Waals surface area contributed by atoms with Crippen molar-refractivity contribution in [3.63, 3.8) is 0 Å². The molecule has 0 heterocycles. The van der Waals surface area contributed by atoms with Crippen molar-refractivity contribution in [1.82, 2.24) is 0 Å². The topological polar surface area (TPSA) is 3.24 Å². The van der Waals surface area contributed by atoms with Crippen molar-refractivity contribution in [2.24, 2.45) is 0 Å². The molecule has 1 aromatic carbocycles. The van der Waals surface area contributed by atoms with Gasteiger partial charge in [0.1, 0.15) is 0 Å². The Morgan fingerprint density at radius 2 is 1.93 bits per heavy atom. The molecule has 0 spiro atoms. The van der Waals surface area contributed by atoms with E-state index in [9.17, 15) is 0 Å². The Labute approximate surface area is 87.1 Å². The summed E-state index contributed by atoms with van der Waals surface area (Å²) in [5.74, 6) is 0. The van der Waals surface area contributed by atoms with Gasteiger partial charge in [-0.25, -0.2) is 0 Å². The van der Waals surface area contributed by atoms with Gasteiger partial charge in [-0.3, -0.25) is 0 Å². The first-order valence-corrected chi connectivity index (χ1v) is 5.21. The molecule has 0 aromatic heterocycles. The summed E-state index contributed by atoms with van der Waals surface area (Å²) in [5, 5.41) is 0. The van der Waals surface area contributed by atoms with E-state index in [1.54, 1.807) is 0 Å². The summed E-state index contributed by atoms with van der Waals surface area (Å²) in [6.07, 6.45) is 1.93. The lowest BCUT2D eigenvalue weighted by atomic mass is 10.1. The molecule has 0 aliphatic carbocycles. The molecular formula is C13H19N. The van der Waals surface area contributed by atoms with Crippen LogP contribution >= 0.6 is 0 Å². The zero-order valence-electron chi connectivity index (χ0n) is 9.38. The molecule has 0 atom stereocenters. The molecule has 14 heavy (non-hydrogen) atoms. The van der Waals surface area contributed by atoms with E-state index in [1.165, 1.54) is 16.8 Å². The fourth-order valence-electron chi connectivity index (χ4n) is 1.82. The SMILES string of the molecule is C=Cc1cccc(C)c1N(CC)CC. The van der Waals surface area contributed by atoms with Gasteiger partial charge in [0, 0.05) is 18.8 Å².